The third-order valence-corrected chi connectivity index (χ3v) is 3.56. The summed E-state index contributed by atoms with van der Waals surface area (Å²) in [6.07, 6.45) is -0.493. The third kappa shape index (κ3) is 2.80. The first-order valence-corrected chi connectivity index (χ1v) is 6.43. The number of rotatable bonds is 1. The number of hydrogen-bond acceptors (Lipinski definition) is 3. The predicted octanol–water partition coefficient (Wildman–Crippen LogP) is 3.76. The van der Waals surface area contributed by atoms with E-state index in [2.05, 4.69) is 5.10 Å². The molecule has 116 valence electrons. The van der Waals surface area contributed by atoms with Crippen molar-refractivity contribution in [1.82, 2.24) is 9.78 Å². The molecular formula is C13H15ClF3N3O. The van der Waals surface area contributed by atoms with E-state index >= 15 is 0 Å². The minimum atomic E-state index is -4.46. The topological polar surface area (TPSA) is 53.1 Å². The minimum Gasteiger partial charge on any atom is -0.398 e. The van der Waals surface area contributed by atoms with Crippen LogP contribution < -0.4 is 5.73 Å². The van der Waals surface area contributed by atoms with Crippen LogP contribution in [-0.2, 0) is 10.9 Å². The zero-order valence-corrected chi connectivity index (χ0v) is 11.9. The van der Waals surface area contributed by atoms with Gasteiger partial charge >= 0.3 is 6.18 Å². The number of halogens is 4. The maximum absolute atomic E-state index is 12.8. The van der Waals surface area contributed by atoms with Crippen LogP contribution in [0, 0.1) is 0 Å². The van der Waals surface area contributed by atoms with Crippen molar-refractivity contribution in [2.75, 3.05) is 12.3 Å². The molecule has 2 heterocycles. The van der Waals surface area contributed by atoms with Gasteiger partial charge in [0.15, 0.2) is 6.23 Å². The molecule has 0 radical (unpaired) electrons. The van der Waals surface area contributed by atoms with Gasteiger partial charge in [0.2, 0.25) is 0 Å². The Morgan fingerprint density at radius 1 is 1.29 bits per heavy atom. The Balaban J connectivity index is 0.00000161. The molecule has 21 heavy (non-hydrogen) atoms. The van der Waals surface area contributed by atoms with Crippen molar-refractivity contribution >= 4 is 29.0 Å². The van der Waals surface area contributed by atoms with Crippen LogP contribution in [0.5, 0.6) is 0 Å². The number of aromatic nitrogens is 2. The van der Waals surface area contributed by atoms with Crippen LogP contribution in [-0.4, -0.2) is 16.4 Å². The van der Waals surface area contributed by atoms with Gasteiger partial charge in [0, 0.05) is 12.0 Å². The van der Waals surface area contributed by atoms with Crippen molar-refractivity contribution in [3.8, 4) is 0 Å². The van der Waals surface area contributed by atoms with E-state index in [1.165, 1.54) is 12.3 Å². The van der Waals surface area contributed by atoms with E-state index in [1.54, 1.807) is 4.68 Å². The predicted molar refractivity (Wildman–Crippen MR) is 75.2 cm³/mol. The van der Waals surface area contributed by atoms with E-state index in [0.717, 1.165) is 25.3 Å². The minimum absolute atomic E-state index is 0. The molecule has 8 heteroatoms. The van der Waals surface area contributed by atoms with Gasteiger partial charge in [0.05, 0.1) is 23.0 Å². The van der Waals surface area contributed by atoms with Gasteiger partial charge in [-0.05, 0) is 31.4 Å². The number of fused-ring (bicyclic) bond motifs is 1. The molecule has 1 saturated heterocycles. The number of benzene rings is 1. The second-order valence-electron chi connectivity index (χ2n) is 4.87. The summed E-state index contributed by atoms with van der Waals surface area (Å²) in [5.74, 6) is 0. The van der Waals surface area contributed by atoms with Crippen LogP contribution in [0.15, 0.2) is 18.3 Å². The van der Waals surface area contributed by atoms with Gasteiger partial charge in [-0.25, -0.2) is 4.68 Å². The average Bonchev–Trinajstić information content (AvgIpc) is 2.83. The summed E-state index contributed by atoms with van der Waals surface area (Å²) in [6, 6.07) is 2.40. The van der Waals surface area contributed by atoms with Gasteiger partial charge in [0.1, 0.15) is 0 Å². The molecule has 1 aromatic heterocycles. The molecule has 0 amide bonds. The molecule has 1 unspecified atom stereocenters. The Hall–Kier alpha value is -1.47. The molecule has 1 aliphatic rings. The van der Waals surface area contributed by atoms with E-state index in [9.17, 15) is 13.2 Å². The van der Waals surface area contributed by atoms with Crippen LogP contribution in [0.4, 0.5) is 18.9 Å². The van der Waals surface area contributed by atoms with Gasteiger partial charge in [-0.2, -0.15) is 18.3 Å². The van der Waals surface area contributed by atoms with Crippen molar-refractivity contribution in [3.05, 3.63) is 23.9 Å². The molecule has 1 aromatic carbocycles. The zero-order chi connectivity index (χ0) is 14.3. The van der Waals surface area contributed by atoms with Gasteiger partial charge in [0.25, 0.3) is 0 Å². The lowest BCUT2D eigenvalue weighted by Gasteiger charge is -2.23. The summed E-state index contributed by atoms with van der Waals surface area (Å²) in [4.78, 5) is 0. The van der Waals surface area contributed by atoms with Gasteiger partial charge < -0.3 is 10.5 Å². The highest BCUT2D eigenvalue weighted by Crippen LogP contribution is 2.38. The first-order valence-electron chi connectivity index (χ1n) is 6.43. The standard InChI is InChI=1S/C13H14F3N3O.ClH/c14-13(15,16)9-4-5-10-8(12(9)17)7-18-19(10)11-3-1-2-6-20-11;/h4-5,7,11H,1-3,6,17H2;1H. The fraction of sp³-hybridized carbons (Fsp3) is 0.462. The maximum Gasteiger partial charge on any atom is 0.418 e. The lowest BCUT2D eigenvalue weighted by Crippen LogP contribution is -2.19. The molecular weight excluding hydrogens is 307 g/mol. The lowest BCUT2D eigenvalue weighted by molar-refractivity contribution is -0.136. The largest absolute Gasteiger partial charge is 0.418 e. The van der Waals surface area contributed by atoms with Crippen LogP contribution in [0.2, 0.25) is 0 Å². The quantitative estimate of drug-likeness (QED) is 0.814. The van der Waals surface area contributed by atoms with Gasteiger partial charge in [-0.15, -0.1) is 12.4 Å². The van der Waals surface area contributed by atoms with Crippen LogP contribution in [0.3, 0.4) is 0 Å². The maximum atomic E-state index is 12.8. The first-order chi connectivity index (χ1) is 9.48. The second-order valence-corrected chi connectivity index (χ2v) is 4.87. The fourth-order valence-corrected chi connectivity index (χ4v) is 2.54. The van der Waals surface area contributed by atoms with Crippen molar-refractivity contribution < 1.29 is 17.9 Å². The number of nitrogens with zero attached hydrogens (tertiary/aromatic N) is 2. The Labute approximate surface area is 125 Å². The Morgan fingerprint density at radius 2 is 2.05 bits per heavy atom. The highest BCUT2D eigenvalue weighted by atomic mass is 35.5. The van der Waals surface area contributed by atoms with Gasteiger partial charge in [-0.1, -0.05) is 0 Å². The van der Waals surface area contributed by atoms with Crippen LogP contribution >= 0.6 is 12.4 Å². The summed E-state index contributed by atoms with van der Waals surface area (Å²) < 4.78 is 45.6. The summed E-state index contributed by atoms with van der Waals surface area (Å²) in [7, 11) is 0. The fourth-order valence-electron chi connectivity index (χ4n) is 2.54. The van der Waals surface area contributed by atoms with E-state index in [0.29, 0.717) is 17.5 Å². The molecule has 4 nitrogen and oxygen atoms in total. The molecule has 1 fully saturated rings. The second kappa shape index (κ2) is 5.73. The lowest BCUT2D eigenvalue weighted by atomic mass is 10.1. The molecule has 1 aliphatic heterocycles. The first kappa shape index (κ1) is 15.9. The molecule has 2 aromatic rings. The Bertz CT molecular complexity index is 635. The van der Waals surface area contributed by atoms with Crippen molar-refractivity contribution in [2.24, 2.45) is 0 Å². The number of alkyl halides is 3. The van der Waals surface area contributed by atoms with E-state index in [-0.39, 0.29) is 24.3 Å². The monoisotopic (exact) mass is 321 g/mol. The SMILES string of the molecule is Cl.Nc1c(C(F)(F)F)ccc2c1cnn2C1CCCCO1. The Morgan fingerprint density at radius 3 is 2.67 bits per heavy atom. The molecule has 3 rings (SSSR count). The van der Waals surface area contributed by atoms with Crippen molar-refractivity contribution in [1.29, 1.82) is 0 Å². The van der Waals surface area contributed by atoms with E-state index in [1.807, 2.05) is 0 Å². The zero-order valence-electron chi connectivity index (χ0n) is 11.1. The van der Waals surface area contributed by atoms with Gasteiger partial charge in [-0.3, -0.25) is 0 Å². The molecule has 0 bridgehead atoms. The molecule has 0 spiro atoms. The highest BCUT2D eigenvalue weighted by Gasteiger charge is 2.34. The summed E-state index contributed by atoms with van der Waals surface area (Å²) in [6.45, 7) is 0.641. The smallest absolute Gasteiger partial charge is 0.398 e. The van der Waals surface area contributed by atoms with Crippen molar-refractivity contribution in [2.45, 2.75) is 31.7 Å². The third-order valence-electron chi connectivity index (χ3n) is 3.56. The normalized spacial score (nSPS) is 19.5. The molecule has 0 aliphatic carbocycles. The number of hydrogen-bond donors (Lipinski definition) is 1. The van der Waals surface area contributed by atoms with E-state index < -0.39 is 11.7 Å². The number of anilines is 1. The summed E-state index contributed by atoms with van der Waals surface area (Å²) in [5.41, 5.74) is 5.10. The summed E-state index contributed by atoms with van der Waals surface area (Å²) >= 11 is 0. The highest BCUT2D eigenvalue weighted by molar-refractivity contribution is 5.92. The molecule has 0 saturated carbocycles. The Kier molecular flexibility index (Phi) is 4.34. The number of nitrogen functional groups attached to an aromatic ring is 1. The summed E-state index contributed by atoms with van der Waals surface area (Å²) in [5, 5.41) is 4.46. The van der Waals surface area contributed by atoms with E-state index in [4.69, 9.17) is 10.5 Å². The van der Waals surface area contributed by atoms with Crippen LogP contribution in [0.1, 0.15) is 31.1 Å². The molecule has 2 N–H and O–H groups in total. The average molecular weight is 322 g/mol. The number of ether oxygens (including phenoxy) is 1. The molecule has 1 atom stereocenters. The van der Waals surface area contributed by atoms with Crippen molar-refractivity contribution in [3.63, 3.8) is 0 Å². The van der Waals surface area contributed by atoms with Crippen LogP contribution in [0.25, 0.3) is 10.9 Å². The number of nitrogens with two attached hydrogens (primary N) is 1.